The van der Waals surface area contributed by atoms with Crippen molar-refractivity contribution < 1.29 is 14.3 Å². The van der Waals surface area contributed by atoms with Crippen molar-refractivity contribution in [2.24, 2.45) is 0 Å². The summed E-state index contributed by atoms with van der Waals surface area (Å²) in [4.78, 5) is 11.4. The van der Waals surface area contributed by atoms with E-state index in [1.165, 1.54) is 13.2 Å². The van der Waals surface area contributed by atoms with Gasteiger partial charge in [-0.15, -0.1) is 0 Å². The number of nitrogens with zero attached hydrogens (tertiary/aromatic N) is 1. The maximum atomic E-state index is 11.4. The topological polar surface area (TPSA) is 59.3 Å². The van der Waals surface area contributed by atoms with Crippen LogP contribution in [-0.2, 0) is 4.79 Å². The molecule has 94 valence electrons. The zero-order valence-electron chi connectivity index (χ0n) is 10.5. The highest BCUT2D eigenvalue weighted by Crippen LogP contribution is 2.28. The Bertz CT molecular complexity index is 486. The molecule has 0 saturated heterocycles. The van der Waals surface area contributed by atoms with E-state index in [2.05, 4.69) is 0 Å². The van der Waals surface area contributed by atoms with Crippen molar-refractivity contribution in [2.45, 2.75) is 19.8 Å². The molecule has 0 saturated carbocycles. The number of methoxy groups -OCH3 is 1. The van der Waals surface area contributed by atoms with Crippen LogP contribution in [0.25, 0.3) is 6.08 Å². The van der Waals surface area contributed by atoms with Gasteiger partial charge in [-0.05, 0) is 30.2 Å². The molecule has 4 heteroatoms. The van der Waals surface area contributed by atoms with Crippen LogP contribution >= 0.6 is 0 Å². The Labute approximate surface area is 106 Å². The van der Waals surface area contributed by atoms with Gasteiger partial charge in [-0.25, -0.2) is 0 Å². The third kappa shape index (κ3) is 3.95. The summed E-state index contributed by atoms with van der Waals surface area (Å²) in [5, 5.41) is 8.45. The van der Waals surface area contributed by atoms with Gasteiger partial charge in [-0.3, -0.25) is 4.79 Å². The van der Waals surface area contributed by atoms with Gasteiger partial charge in [0, 0.05) is 12.5 Å². The molecule has 0 bridgehead atoms. The molecule has 1 rings (SSSR count). The smallest absolute Gasteiger partial charge is 0.311 e. The number of rotatable bonds is 5. The first kappa shape index (κ1) is 13.8. The highest BCUT2D eigenvalue weighted by molar-refractivity contribution is 5.73. The predicted molar refractivity (Wildman–Crippen MR) is 68.2 cm³/mol. The molecule has 0 N–H and O–H groups in total. The van der Waals surface area contributed by atoms with E-state index in [9.17, 15) is 4.79 Å². The minimum Gasteiger partial charge on any atom is -0.493 e. The zero-order chi connectivity index (χ0) is 13.4. The predicted octanol–water partition coefficient (Wildman–Crippen LogP) is 2.94. The van der Waals surface area contributed by atoms with Crippen molar-refractivity contribution in [3.63, 3.8) is 0 Å². The second kappa shape index (κ2) is 7.13. The average molecular weight is 245 g/mol. The lowest BCUT2D eigenvalue weighted by molar-refractivity contribution is -0.134. The molecule has 0 spiro atoms. The number of carbonyl (C=O) groups is 1. The highest BCUT2D eigenvalue weighted by Gasteiger charge is 2.09. The summed E-state index contributed by atoms with van der Waals surface area (Å²) in [6.45, 7) is 1.91. The summed E-state index contributed by atoms with van der Waals surface area (Å²) >= 11 is 0. The van der Waals surface area contributed by atoms with Gasteiger partial charge in [0.15, 0.2) is 11.5 Å². The summed E-state index contributed by atoms with van der Waals surface area (Å²) in [5.74, 6) is 0.584. The molecule has 0 fully saturated rings. The number of nitriles is 1. The quantitative estimate of drug-likeness (QED) is 0.454. The molecule has 0 aliphatic carbocycles. The second-order valence-corrected chi connectivity index (χ2v) is 3.60. The first-order chi connectivity index (χ1) is 8.71. The summed E-state index contributed by atoms with van der Waals surface area (Å²) in [6.07, 6.45) is 4.14. The van der Waals surface area contributed by atoms with Gasteiger partial charge in [-0.2, -0.15) is 5.26 Å². The second-order valence-electron chi connectivity index (χ2n) is 3.60. The Balaban J connectivity index is 2.90. The van der Waals surface area contributed by atoms with E-state index < -0.39 is 0 Å². The Hall–Kier alpha value is -2.28. The molecule has 0 heterocycles. The van der Waals surface area contributed by atoms with E-state index in [-0.39, 0.29) is 5.97 Å². The molecular weight excluding hydrogens is 230 g/mol. The Morgan fingerprint density at radius 3 is 2.83 bits per heavy atom. The molecule has 1 aromatic carbocycles. The molecule has 0 unspecified atom stereocenters. The molecule has 0 aromatic heterocycles. The lowest BCUT2D eigenvalue weighted by Gasteiger charge is -2.09. The molecule has 18 heavy (non-hydrogen) atoms. The summed E-state index contributed by atoms with van der Waals surface area (Å²) in [5.41, 5.74) is 0.809. The van der Waals surface area contributed by atoms with Crippen LogP contribution in [0.1, 0.15) is 25.3 Å². The average Bonchev–Trinajstić information content (AvgIpc) is 2.37. The first-order valence-corrected chi connectivity index (χ1v) is 5.66. The molecule has 0 amide bonds. The van der Waals surface area contributed by atoms with E-state index >= 15 is 0 Å². The van der Waals surface area contributed by atoms with Crippen LogP contribution in [-0.4, -0.2) is 13.1 Å². The van der Waals surface area contributed by atoms with Crippen LogP contribution < -0.4 is 9.47 Å². The number of esters is 1. The van der Waals surface area contributed by atoms with Gasteiger partial charge < -0.3 is 9.47 Å². The third-order valence-electron chi connectivity index (χ3n) is 2.22. The SMILES string of the molecule is CCCC(=O)Oc1ccc(/C=C\C#N)cc1OC. The van der Waals surface area contributed by atoms with Crippen LogP contribution in [0.15, 0.2) is 24.3 Å². The lowest BCUT2D eigenvalue weighted by atomic mass is 10.2. The fraction of sp³-hybridized carbons (Fsp3) is 0.286. The highest BCUT2D eigenvalue weighted by atomic mass is 16.6. The lowest BCUT2D eigenvalue weighted by Crippen LogP contribution is -2.07. The summed E-state index contributed by atoms with van der Waals surface area (Å²) in [7, 11) is 1.50. The molecular formula is C14H15NO3. The van der Waals surface area contributed by atoms with E-state index in [0.29, 0.717) is 17.9 Å². The molecule has 0 radical (unpaired) electrons. The number of ether oxygens (including phenoxy) is 2. The number of hydrogen-bond acceptors (Lipinski definition) is 4. The Kier molecular flexibility index (Phi) is 5.46. The van der Waals surface area contributed by atoms with Crippen molar-refractivity contribution in [3.8, 4) is 17.6 Å². The van der Waals surface area contributed by atoms with Crippen molar-refractivity contribution in [3.05, 3.63) is 29.8 Å². The maximum Gasteiger partial charge on any atom is 0.311 e. The van der Waals surface area contributed by atoms with E-state index in [4.69, 9.17) is 14.7 Å². The largest absolute Gasteiger partial charge is 0.493 e. The van der Waals surface area contributed by atoms with Crippen LogP contribution in [0, 0.1) is 11.3 Å². The summed E-state index contributed by atoms with van der Waals surface area (Å²) in [6, 6.07) is 7.03. The number of allylic oxidation sites excluding steroid dienone is 1. The fourth-order valence-corrected chi connectivity index (χ4v) is 1.38. The molecule has 0 aliphatic rings. The van der Waals surface area contributed by atoms with Crippen molar-refractivity contribution >= 4 is 12.0 Å². The number of carbonyl (C=O) groups excluding carboxylic acids is 1. The minimum absolute atomic E-state index is 0.281. The first-order valence-electron chi connectivity index (χ1n) is 5.66. The Morgan fingerprint density at radius 2 is 2.22 bits per heavy atom. The van der Waals surface area contributed by atoms with Crippen molar-refractivity contribution in [2.75, 3.05) is 7.11 Å². The fourth-order valence-electron chi connectivity index (χ4n) is 1.38. The van der Waals surface area contributed by atoms with E-state index in [1.807, 2.05) is 13.0 Å². The number of benzene rings is 1. The van der Waals surface area contributed by atoms with Gasteiger partial charge in [0.05, 0.1) is 13.2 Å². The monoisotopic (exact) mass is 245 g/mol. The van der Waals surface area contributed by atoms with Crippen molar-refractivity contribution in [1.29, 1.82) is 5.26 Å². The Morgan fingerprint density at radius 1 is 1.44 bits per heavy atom. The van der Waals surface area contributed by atoms with Crippen LogP contribution in [0.2, 0.25) is 0 Å². The molecule has 0 atom stereocenters. The molecule has 4 nitrogen and oxygen atoms in total. The van der Waals surface area contributed by atoms with Crippen LogP contribution in [0.4, 0.5) is 0 Å². The normalized spacial score (nSPS) is 10.1. The van der Waals surface area contributed by atoms with Crippen molar-refractivity contribution in [1.82, 2.24) is 0 Å². The molecule has 1 aromatic rings. The van der Waals surface area contributed by atoms with Gasteiger partial charge >= 0.3 is 5.97 Å². The van der Waals surface area contributed by atoms with Gasteiger partial charge in [0.25, 0.3) is 0 Å². The standard InChI is InChI=1S/C14H15NO3/c1-3-5-14(16)18-12-8-7-11(6-4-9-15)10-13(12)17-2/h4,6-8,10H,3,5H2,1-2H3/b6-4-. The zero-order valence-corrected chi connectivity index (χ0v) is 10.5. The van der Waals surface area contributed by atoms with E-state index in [0.717, 1.165) is 12.0 Å². The van der Waals surface area contributed by atoms with Gasteiger partial charge in [0.1, 0.15) is 0 Å². The minimum atomic E-state index is -0.281. The summed E-state index contributed by atoms with van der Waals surface area (Å²) < 4.78 is 10.3. The van der Waals surface area contributed by atoms with Gasteiger partial charge in [-0.1, -0.05) is 13.0 Å². The number of hydrogen-bond donors (Lipinski definition) is 0. The van der Waals surface area contributed by atoms with Crippen LogP contribution in [0.5, 0.6) is 11.5 Å². The van der Waals surface area contributed by atoms with Crippen LogP contribution in [0.3, 0.4) is 0 Å². The van der Waals surface area contributed by atoms with E-state index in [1.54, 1.807) is 24.3 Å². The third-order valence-corrected chi connectivity index (χ3v) is 2.22. The molecule has 0 aliphatic heterocycles. The van der Waals surface area contributed by atoms with Gasteiger partial charge in [0.2, 0.25) is 0 Å². The maximum absolute atomic E-state index is 11.4.